The maximum absolute atomic E-state index is 4.12. The van der Waals surface area contributed by atoms with Crippen molar-refractivity contribution in [2.75, 3.05) is 6.54 Å². The topological polar surface area (TPSA) is 53.6 Å². The second-order valence-electron chi connectivity index (χ2n) is 4.50. The third kappa shape index (κ3) is 4.44. The second-order valence-corrected chi connectivity index (χ2v) is 5.42. The van der Waals surface area contributed by atoms with E-state index in [1.54, 1.807) is 6.33 Å². The van der Waals surface area contributed by atoms with Crippen molar-refractivity contribution in [3.05, 3.63) is 46.5 Å². The summed E-state index contributed by atoms with van der Waals surface area (Å²) in [6.07, 6.45) is 4.63. The van der Waals surface area contributed by atoms with Gasteiger partial charge in [-0.15, -0.1) is 0 Å². The molecule has 5 heteroatoms. The molecule has 0 aliphatic heterocycles. The number of aromatic nitrogens is 3. The second kappa shape index (κ2) is 7.40. The van der Waals surface area contributed by atoms with E-state index in [0.29, 0.717) is 6.04 Å². The van der Waals surface area contributed by atoms with Crippen LogP contribution in [0.2, 0.25) is 0 Å². The average Bonchev–Trinajstić information content (AvgIpc) is 2.93. The Hall–Kier alpha value is -1.20. The first-order valence-corrected chi connectivity index (χ1v) is 7.42. The van der Waals surface area contributed by atoms with Crippen molar-refractivity contribution < 1.29 is 0 Å². The van der Waals surface area contributed by atoms with E-state index in [1.165, 1.54) is 5.56 Å². The van der Waals surface area contributed by atoms with Crippen LogP contribution in [0.4, 0.5) is 0 Å². The quantitative estimate of drug-likeness (QED) is 0.769. The van der Waals surface area contributed by atoms with Gasteiger partial charge in [0, 0.05) is 16.9 Å². The minimum atomic E-state index is 0.419. The minimum absolute atomic E-state index is 0.419. The molecule has 19 heavy (non-hydrogen) atoms. The minimum Gasteiger partial charge on any atom is -0.310 e. The zero-order valence-corrected chi connectivity index (χ0v) is 12.7. The summed E-state index contributed by atoms with van der Waals surface area (Å²) in [4.78, 5) is 4.12. The first-order chi connectivity index (χ1) is 9.29. The van der Waals surface area contributed by atoms with Crippen LogP contribution in [0.15, 0.2) is 35.1 Å². The monoisotopic (exact) mass is 322 g/mol. The van der Waals surface area contributed by atoms with Crippen molar-refractivity contribution >= 4 is 15.9 Å². The maximum atomic E-state index is 4.12. The lowest BCUT2D eigenvalue weighted by Gasteiger charge is -2.17. The van der Waals surface area contributed by atoms with Crippen molar-refractivity contribution in [3.8, 4) is 0 Å². The van der Waals surface area contributed by atoms with E-state index in [0.717, 1.165) is 36.1 Å². The third-order valence-electron chi connectivity index (χ3n) is 3.13. The van der Waals surface area contributed by atoms with Crippen molar-refractivity contribution in [2.45, 2.75) is 32.2 Å². The highest BCUT2D eigenvalue weighted by atomic mass is 79.9. The lowest BCUT2D eigenvalue weighted by Crippen LogP contribution is -2.22. The van der Waals surface area contributed by atoms with Crippen molar-refractivity contribution in [1.29, 1.82) is 0 Å². The number of nitrogens with one attached hydrogen (secondary N) is 2. The zero-order valence-electron chi connectivity index (χ0n) is 11.1. The third-order valence-corrected chi connectivity index (χ3v) is 3.66. The SMILES string of the molecule is CCC(NCCCc1ncn[nH]1)c1ccc(Br)cc1. The average molecular weight is 323 g/mol. The van der Waals surface area contributed by atoms with Crippen LogP contribution in [-0.4, -0.2) is 21.7 Å². The van der Waals surface area contributed by atoms with Gasteiger partial charge in [-0.05, 0) is 37.1 Å². The summed E-state index contributed by atoms with van der Waals surface area (Å²) in [6, 6.07) is 8.94. The van der Waals surface area contributed by atoms with Gasteiger partial charge in [-0.3, -0.25) is 5.10 Å². The smallest absolute Gasteiger partial charge is 0.137 e. The molecule has 0 fully saturated rings. The van der Waals surface area contributed by atoms with Crippen LogP contribution in [0.5, 0.6) is 0 Å². The maximum Gasteiger partial charge on any atom is 0.137 e. The Bertz CT molecular complexity index is 467. The molecule has 1 heterocycles. The number of H-pyrrole nitrogens is 1. The first-order valence-electron chi connectivity index (χ1n) is 6.62. The molecule has 1 atom stereocenters. The molecule has 0 aliphatic rings. The number of aryl methyl sites for hydroxylation is 1. The van der Waals surface area contributed by atoms with E-state index in [9.17, 15) is 0 Å². The number of hydrogen-bond acceptors (Lipinski definition) is 3. The van der Waals surface area contributed by atoms with E-state index in [1.807, 2.05) is 0 Å². The Morgan fingerprint density at radius 2 is 2.11 bits per heavy atom. The molecule has 0 bridgehead atoms. The van der Waals surface area contributed by atoms with Gasteiger partial charge in [0.1, 0.15) is 12.2 Å². The van der Waals surface area contributed by atoms with Gasteiger partial charge in [0.2, 0.25) is 0 Å². The fraction of sp³-hybridized carbons (Fsp3) is 0.429. The number of benzene rings is 1. The number of halogens is 1. The predicted octanol–water partition coefficient (Wildman–Crippen LogP) is 3.24. The standard InChI is InChI=1S/C14H19BrN4/c1-2-13(11-5-7-12(15)8-6-11)16-9-3-4-14-17-10-18-19-14/h5-8,10,13,16H,2-4,9H2,1H3,(H,17,18,19). The lowest BCUT2D eigenvalue weighted by molar-refractivity contribution is 0.508. The highest BCUT2D eigenvalue weighted by Gasteiger charge is 2.07. The molecule has 1 aromatic carbocycles. The van der Waals surface area contributed by atoms with Crippen LogP contribution in [0.25, 0.3) is 0 Å². The van der Waals surface area contributed by atoms with Gasteiger partial charge in [0.05, 0.1) is 0 Å². The van der Waals surface area contributed by atoms with Crippen molar-refractivity contribution in [3.63, 3.8) is 0 Å². The Balaban J connectivity index is 1.77. The highest BCUT2D eigenvalue weighted by Crippen LogP contribution is 2.19. The van der Waals surface area contributed by atoms with Crippen LogP contribution >= 0.6 is 15.9 Å². The Kier molecular flexibility index (Phi) is 5.54. The molecule has 0 saturated carbocycles. The Morgan fingerprint density at radius 1 is 1.32 bits per heavy atom. The summed E-state index contributed by atoms with van der Waals surface area (Å²) in [6.45, 7) is 3.19. The van der Waals surface area contributed by atoms with E-state index >= 15 is 0 Å². The van der Waals surface area contributed by atoms with Crippen LogP contribution < -0.4 is 5.32 Å². The molecule has 102 valence electrons. The molecule has 4 nitrogen and oxygen atoms in total. The summed E-state index contributed by atoms with van der Waals surface area (Å²) in [5.74, 6) is 0.957. The molecule has 0 radical (unpaired) electrons. The summed E-state index contributed by atoms with van der Waals surface area (Å²) < 4.78 is 1.12. The summed E-state index contributed by atoms with van der Waals surface area (Å²) in [7, 11) is 0. The van der Waals surface area contributed by atoms with Crippen LogP contribution in [0, 0.1) is 0 Å². The molecule has 2 rings (SSSR count). The van der Waals surface area contributed by atoms with Gasteiger partial charge >= 0.3 is 0 Å². The van der Waals surface area contributed by atoms with E-state index in [2.05, 4.69) is 67.6 Å². The van der Waals surface area contributed by atoms with Crippen molar-refractivity contribution in [1.82, 2.24) is 20.5 Å². The van der Waals surface area contributed by atoms with Crippen molar-refractivity contribution in [2.24, 2.45) is 0 Å². The van der Waals surface area contributed by atoms with E-state index in [-0.39, 0.29) is 0 Å². The van der Waals surface area contributed by atoms with Gasteiger partial charge < -0.3 is 5.32 Å². The molecule has 0 spiro atoms. The predicted molar refractivity (Wildman–Crippen MR) is 79.9 cm³/mol. The lowest BCUT2D eigenvalue weighted by atomic mass is 10.0. The Labute approximate surface area is 122 Å². The molecular formula is C14H19BrN4. The van der Waals surface area contributed by atoms with Gasteiger partial charge in [-0.2, -0.15) is 5.10 Å². The Morgan fingerprint density at radius 3 is 2.74 bits per heavy atom. The molecule has 0 aliphatic carbocycles. The van der Waals surface area contributed by atoms with E-state index < -0.39 is 0 Å². The number of nitrogens with zero attached hydrogens (tertiary/aromatic N) is 2. The first kappa shape index (κ1) is 14.2. The molecule has 2 N–H and O–H groups in total. The molecule has 1 aromatic heterocycles. The molecule has 0 saturated heterocycles. The highest BCUT2D eigenvalue weighted by molar-refractivity contribution is 9.10. The van der Waals surface area contributed by atoms with Gasteiger partial charge in [-0.25, -0.2) is 4.98 Å². The van der Waals surface area contributed by atoms with E-state index in [4.69, 9.17) is 0 Å². The van der Waals surface area contributed by atoms with Crippen LogP contribution in [0.1, 0.15) is 37.2 Å². The summed E-state index contributed by atoms with van der Waals surface area (Å²) in [5, 5.41) is 10.3. The largest absolute Gasteiger partial charge is 0.310 e. The fourth-order valence-electron chi connectivity index (χ4n) is 2.08. The molecule has 1 unspecified atom stereocenters. The number of aromatic amines is 1. The zero-order chi connectivity index (χ0) is 13.5. The number of hydrogen-bond donors (Lipinski definition) is 2. The summed E-state index contributed by atoms with van der Waals surface area (Å²) >= 11 is 3.47. The number of rotatable bonds is 7. The molecule has 2 aromatic rings. The summed E-state index contributed by atoms with van der Waals surface area (Å²) in [5.41, 5.74) is 1.34. The molecule has 0 amide bonds. The van der Waals surface area contributed by atoms with Gasteiger partial charge in [0.15, 0.2) is 0 Å². The van der Waals surface area contributed by atoms with Crippen LogP contribution in [0.3, 0.4) is 0 Å². The fourth-order valence-corrected chi connectivity index (χ4v) is 2.34. The van der Waals surface area contributed by atoms with Gasteiger partial charge in [-0.1, -0.05) is 35.0 Å². The van der Waals surface area contributed by atoms with Crippen LogP contribution in [-0.2, 0) is 6.42 Å². The van der Waals surface area contributed by atoms with Gasteiger partial charge in [0.25, 0.3) is 0 Å². The molecular weight excluding hydrogens is 304 g/mol. The normalized spacial score (nSPS) is 12.5.